The van der Waals surface area contributed by atoms with Crippen LogP contribution in [0.5, 0.6) is 0 Å². The smallest absolute Gasteiger partial charge is 0.269 e. The molecule has 23 heavy (non-hydrogen) atoms. The maximum atomic E-state index is 12.2. The first kappa shape index (κ1) is 16.4. The first-order valence-electron chi connectivity index (χ1n) is 8.84. The van der Waals surface area contributed by atoms with Crippen LogP contribution in [0, 0.1) is 5.92 Å². The zero-order chi connectivity index (χ0) is 16.1. The number of pyridine rings is 1. The van der Waals surface area contributed by atoms with Gasteiger partial charge in [0.15, 0.2) is 0 Å². The second-order valence-corrected chi connectivity index (χ2v) is 6.86. The van der Waals surface area contributed by atoms with Crippen molar-refractivity contribution < 1.29 is 9.90 Å². The Morgan fingerprint density at radius 3 is 2.91 bits per heavy atom. The molecule has 1 aromatic rings. The van der Waals surface area contributed by atoms with Gasteiger partial charge in [0.25, 0.3) is 5.91 Å². The SMILES string of the molecule is O=C(NC[C@@H]1CCN(C2CCCCC2)C1)c1cc(CO)ccn1. The average Bonchev–Trinajstić information content (AvgIpc) is 3.09. The molecule has 1 atom stereocenters. The van der Waals surface area contributed by atoms with Gasteiger partial charge >= 0.3 is 0 Å². The summed E-state index contributed by atoms with van der Waals surface area (Å²) in [6, 6.07) is 4.14. The highest BCUT2D eigenvalue weighted by Gasteiger charge is 2.29. The monoisotopic (exact) mass is 317 g/mol. The Morgan fingerprint density at radius 2 is 2.13 bits per heavy atom. The molecule has 1 saturated heterocycles. The molecule has 2 aliphatic rings. The van der Waals surface area contributed by atoms with E-state index in [1.165, 1.54) is 45.1 Å². The molecule has 1 aliphatic heterocycles. The van der Waals surface area contributed by atoms with Crippen LogP contribution in [0.15, 0.2) is 18.3 Å². The molecule has 2 N–H and O–H groups in total. The summed E-state index contributed by atoms with van der Waals surface area (Å²) in [7, 11) is 0. The van der Waals surface area contributed by atoms with Gasteiger partial charge in [0, 0.05) is 25.3 Å². The minimum atomic E-state index is -0.142. The van der Waals surface area contributed by atoms with Gasteiger partial charge in [0.1, 0.15) is 5.69 Å². The van der Waals surface area contributed by atoms with Crippen LogP contribution in [0.25, 0.3) is 0 Å². The summed E-state index contributed by atoms with van der Waals surface area (Å²) in [4.78, 5) is 18.9. The largest absolute Gasteiger partial charge is 0.392 e. The maximum absolute atomic E-state index is 12.2. The van der Waals surface area contributed by atoms with Crippen molar-refractivity contribution in [3.05, 3.63) is 29.6 Å². The van der Waals surface area contributed by atoms with Gasteiger partial charge in [-0.2, -0.15) is 0 Å². The van der Waals surface area contributed by atoms with Gasteiger partial charge in [-0.15, -0.1) is 0 Å². The molecule has 3 rings (SSSR count). The van der Waals surface area contributed by atoms with Crippen molar-refractivity contribution in [3.8, 4) is 0 Å². The molecule has 5 nitrogen and oxygen atoms in total. The number of aliphatic hydroxyl groups is 1. The van der Waals surface area contributed by atoms with Crippen molar-refractivity contribution in [2.45, 2.75) is 51.2 Å². The fraction of sp³-hybridized carbons (Fsp3) is 0.667. The molecular weight excluding hydrogens is 290 g/mol. The Balaban J connectivity index is 1.46. The van der Waals surface area contributed by atoms with Crippen molar-refractivity contribution in [1.82, 2.24) is 15.2 Å². The van der Waals surface area contributed by atoms with E-state index in [0.717, 1.165) is 18.2 Å². The molecule has 5 heteroatoms. The van der Waals surface area contributed by atoms with E-state index in [1.54, 1.807) is 18.3 Å². The molecule has 1 aliphatic carbocycles. The van der Waals surface area contributed by atoms with Crippen LogP contribution in [0.4, 0.5) is 0 Å². The Labute approximate surface area is 138 Å². The summed E-state index contributed by atoms with van der Waals surface area (Å²) in [6.07, 6.45) is 9.56. The van der Waals surface area contributed by atoms with Crippen LogP contribution < -0.4 is 5.32 Å². The second kappa shape index (κ2) is 7.88. The van der Waals surface area contributed by atoms with Gasteiger partial charge in [0.05, 0.1) is 6.61 Å². The van der Waals surface area contributed by atoms with Gasteiger partial charge in [-0.25, -0.2) is 0 Å². The average molecular weight is 317 g/mol. The van der Waals surface area contributed by atoms with Gasteiger partial charge in [0.2, 0.25) is 0 Å². The van der Waals surface area contributed by atoms with Crippen molar-refractivity contribution in [2.24, 2.45) is 5.92 Å². The highest BCUT2D eigenvalue weighted by Crippen LogP contribution is 2.27. The molecule has 0 unspecified atom stereocenters. The molecule has 0 radical (unpaired) electrons. The Kier molecular flexibility index (Phi) is 5.62. The zero-order valence-corrected chi connectivity index (χ0v) is 13.7. The lowest BCUT2D eigenvalue weighted by Gasteiger charge is -2.31. The number of hydrogen-bond acceptors (Lipinski definition) is 4. The topological polar surface area (TPSA) is 65.5 Å². The molecule has 0 bridgehead atoms. The fourth-order valence-electron chi connectivity index (χ4n) is 3.83. The molecule has 1 aromatic heterocycles. The second-order valence-electron chi connectivity index (χ2n) is 6.86. The third-order valence-electron chi connectivity index (χ3n) is 5.20. The molecule has 0 spiro atoms. The van der Waals surface area contributed by atoms with Crippen LogP contribution in [0.3, 0.4) is 0 Å². The number of hydrogen-bond donors (Lipinski definition) is 2. The van der Waals surface area contributed by atoms with Gasteiger partial charge < -0.3 is 15.3 Å². The first-order chi connectivity index (χ1) is 11.3. The summed E-state index contributed by atoms with van der Waals surface area (Å²) < 4.78 is 0. The number of amides is 1. The molecular formula is C18H27N3O2. The number of rotatable bonds is 5. The van der Waals surface area contributed by atoms with E-state index in [9.17, 15) is 4.79 Å². The molecule has 0 aromatic carbocycles. The van der Waals surface area contributed by atoms with E-state index in [1.807, 2.05) is 0 Å². The van der Waals surface area contributed by atoms with E-state index in [0.29, 0.717) is 18.2 Å². The minimum absolute atomic E-state index is 0.0677. The van der Waals surface area contributed by atoms with Crippen LogP contribution in [0.2, 0.25) is 0 Å². The lowest BCUT2D eigenvalue weighted by atomic mass is 9.94. The summed E-state index contributed by atoms with van der Waals surface area (Å²) in [5.74, 6) is 0.401. The maximum Gasteiger partial charge on any atom is 0.269 e. The number of likely N-dealkylation sites (tertiary alicyclic amines) is 1. The Bertz CT molecular complexity index is 529. The van der Waals surface area contributed by atoms with E-state index >= 15 is 0 Å². The number of aromatic nitrogens is 1. The van der Waals surface area contributed by atoms with Crippen LogP contribution in [-0.4, -0.2) is 46.6 Å². The van der Waals surface area contributed by atoms with Crippen LogP contribution >= 0.6 is 0 Å². The number of aliphatic hydroxyl groups excluding tert-OH is 1. The summed E-state index contributed by atoms with van der Waals surface area (Å²) in [5.41, 5.74) is 1.10. The highest BCUT2D eigenvalue weighted by atomic mass is 16.3. The summed E-state index contributed by atoms with van der Waals surface area (Å²) in [5, 5.41) is 12.1. The van der Waals surface area contributed by atoms with Gasteiger partial charge in [-0.05, 0) is 49.4 Å². The van der Waals surface area contributed by atoms with Crippen molar-refractivity contribution >= 4 is 5.91 Å². The normalized spacial score (nSPS) is 23.1. The molecule has 1 amide bonds. The quantitative estimate of drug-likeness (QED) is 0.871. The zero-order valence-electron chi connectivity index (χ0n) is 13.7. The van der Waals surface area contributed by atoms with Gasteiger partial charge in [-0.1, -0.05) is 19.3 Å². The minimum Gasteiger partial charge on any atom is -0.392 e. The summed E-state index contributed by atoms with van der Waals surface area (Å²) >= 11 is 0. The number of nitrogens with one attached hydrogen (secondary N) is 1. The Morgan fingerprint density at radius 1 is 1.30 bits per heavy atom. The Hall–Kier alpha value is -1.46. The van der Waals surface area contributed by atoms with E-state index in [4.69, 9.17) is 5.11 Å². The van der Waals surface area contributed by atoms with Crippen LogP contribution in [-0.2, 0) is 6.61 Å². The first-order valence-corrected chi connectivity index (χ1v) is 8.84. The summed E-state index contributed by atoms with van der Waals surface area (Å²) in [6.45, 7) is 2.92. The van der Waals surface area contributed by atoms with Crippen molar-refractivity contribution in [3.63, 3.8) is 0 Å². The predicted molar refractivity (Wildman–Crippen MR) is 89.0 cm³/mol. The van der Waals surface area contributed by atoms with E-state index < -0.39 is 0 Å². The molecule has 1 saturated carbocycles. The third-order valence-corrected chi connectivity index (χ3v) is 5.20. The van der Waals surface area contributed by atoms with Crippen LogP contribution in [0.1, 0.15) is 54.6 Å². The lowest BCUT2D eigenvalue weighted by molar-refractivity contribution is 0.0941. The lowest BCUT2D eigenvalue weighted by Crippen LogP contribution is -2.36. The number of nitrogens with zero attached hydrogens (tertiary/aromatic N) is 2. The van der Waals surface area contributed by atoms with Crippen molar-refractivity contribution in [2.75, 3.05) is 19.6 Å². The van der Waals surface area contributed by atoms with Crippen molar-refractivity contribution in [1.29, 1.82) is 0 Å². The number of carbonyl (C=O) groups excluding carboxylic acids is 1. The fourth-order valence-corrected chi connectivity index (χ4v) is 3.83. The number of carbonyl (C=O) groups is 1. The third kappa shape index (κ3) is 4.30. The van der Waals surface area contributed by atoms with E-state index in [-0.39, 0.29) is 12.5 Å². The van der Waals surface area contributed by atoms with E-state index in [2.05, 4.69) is 15.2 Å². The molecule has 126 valence electrons. The standard InChI is InChI=1S/C18H27N3O2/c22-13-14-6-8-19-17(10-14)18(23)20-11-15-7-9-21(12-15)16-4-2-1-3-5-16/h6,8,10,15-16,22H,1-5,7,9,11-13H2,(H,20,23)/t15-/m0/s1. The highest BCUT2D eigenvalue weighted by molar-refractivity contribution is 5.92. The van der Waals surface area contributed by atoms with Gasteiger partial charge in [-0.3, -0.25) is 9.78 Å². The molecule has 2 heterocycles. The molecule has 2 fully saturated rings. The predicted octanol–water partition coefficient (Wildman–Crippen LogP) is 1.96.